The second-order valence-electron chi connectivity index (χ2n) is 5.90. The summed E-state index contributed by atoms with van der Waals surface area (Å²) >= 11 is 7.26. The average Bonchev–Trinajstić information content (AvgIpc) is 2.61. The largest absolute Gasteiger partial charge is 0.505 e. The predicted octanol–water partition coefficient (Wildman–Crippen LogP) is 5.36. The summed E-state index contributed by atoms with van der Waals surface area (Å²) in [6.07, 6.45) is 6.38. The first kappa shape index (κ1) is 19.0. The minimum absolute atomic E-state index is 0.275. The molecule has 0 bridgehead atoms. The van der Waals surface area contributed by atoms with Crippen LogP contribution in [0.3, 0.4) is 0 Å². The molecule has 0 saturated heterocycles. The van der Waals surface area contributed by atoms with Crippen LogP contribution in [0.2, 0.25) is 0 Å². The lowest BCUT2D eigenvalue weighted by atomic mass is 10.1. The van der Waals surface area contributed by atoms with Gasteiger partial charge >= 0.3 is 0 Å². The maximum absolute atomic E-state index is 10.5. The minimum Gasteiger partial charge on any atom is -0.505 e. The molecule has 2 rings (SSSR count). The number of benzene rings is 1. The molecule has 0 aliphatic heterocycles. The first-order valence-corrected chi connectivity index (χ1v) is 10.0. The summed E-state index contributed by atoms with van der Waals surface area (Å²) in [7, 11) is 0. The smallest absolute Gasteiger partial charge is 0.145 e. The zero-order valence-corrected chi connectivity index (χ0v) is 16.1. The van der Waals surface area contributed by atoms with E-state index < -0.39 is 0 Å². The van der Waals surface area contributed by atoms with Gasteiger partial charge in [0.05, 0.1) is 0 Å². The lowest BCUT2D eigenvalue weighted by Gasteiger charge is -2.24. The molecule has 130 valence electrons. The summed E-state index contributed by atoms with van der Waals surface area (Å²) in [5.74, 6) is 0.948. The number of thiocarbonyl (C=S) groups is 1. The topological polar surface area (TPSA) is 36.4 Å². The first-order valence-electron chi connectivity index (χ1n) is 8.64. The SMILES string of the molecule is CCCCN(CCCC)C(=S)SCc1ccc2cccnc2c1O. The second kappa shape index (κ2) is 9.84. The Morgan fingerprint density at radius 1 is 1.17 bits per heavy atom. The van der Waals surface area contributed by atoms with Crippen LogP contribution in [0.25, 0.3) is 10.9 Å². The van der Waals surface area contributed by atoms with E-state index in [9.17, 15) is 5.11 Å². The Hall–Kier alpha value is -1.33. The summed E-state index contributed by atoms with van der Waals surface area (Å²) in [6.45, 7) is 6.45. The highest BCUT2D eigenvalue weighted by molar-refractivity contribution is 8.22. The maximum atomic E-state index is 10.5. The normalized spacial score (nSPS) is 10.9. The van der Waals surface area contributed by atoms with Crippen molar-refractivity contribution in [2.45, 2.75) is 45.3 Å². The molecular weight excluding hydrogens is 336 g/mol. The van der Waals surface area contributed by atoms with Gasteiger partial charge in [0.15, 0.2) is 0 Å². The van der Waals surface area contributed by atoms with Gasteiger partial charge in [-0.1, -0.05) is 68.9 Å². The number of aromatic nitrogens is 1. The van der Waals surface area contributed by atoms with Crippen molar-refractivity contribution in [3.05, 3.63) is 36.0 Å². The standard InChI is InChI=1S/C19H26N2OS2/c1-3-5-12-21(13-6-4-2)19(23)24-14-16-10-9-15-8-7-11-20-17(15)18(16)22/h7-11,22H,3-6,12-14H2,1-2H3. The van der Waals surface area contributed by atoms with E-state index in [0.717, 1.165) is 41.2 Å². The van der Waals surface area contributed by atoms with Crippen molar-refractivity contribution in [1.29, 1.82) is 0 Å². The fourth-order valence-corrected chi connectivity index (χ4v) is 3.75. The third-order valence-corrected chi connectivity index (χ3v) is 5.58. The van der Waals surface area contributed by atoms with E-state index in [4.69, 9.17) is 12.2 Å². The number of rotatable bonds is 8. The number of pyridine rings is 1. The Kier molecular flexibility index (Phi) is 7.79. The number of unbranched alkanes of at least 4 members (excludes halogenated alkanes) is 2. The van der Waals surface area contributed by atoms with Gasteiger partial charge in [-0.05, 0) is 18.9 Å². The molecule has 3 nitrogen and oxygen atoms in total. The molecule has 5 heteroatoms. The van der Waals surface area contributed by atoms with Crippen LogP contribution in [-0.2, 0) is 5.75 Å². The van der Waals surface area contributed by atoms with Crippen molar-refractivity contribution in [2.75, 3.05) is 13.1 Å². The third-order valence-electron chi connectivity index (χ3n) is 4.00. The third kappa shape index (κ3) is 5.08. The van der Waals surface area contributed by atoms with E-state index in [1.807, 2.05) is 24.3 Å². The van der Waals surface area contributed by atoms with Crippen molar-refractivity contribution in [2.24, 2.45) is 0 Å². The van der Waals surface area contributed by atoms with Crippen LogP contribution >= 0.6 is 24.0 Å². The number of hydrogen-bond acceptors (Lipinski definition) is 4. The number of phenolic OH excluding ortho intramolecular Hbond substituents is 1. The fourth-order valence-electron chi connectivity index (χ4n) is 2.51. The van der Waals surface area contributed by atoms with E-state index in [2.05, 4.69) is 23.7 Å². The van der Waals surface area contributed by atoms with Crippen molar-refractivity contribution in [3.63, 3.8) is 0 Å². The van der Waals surface area contributed by atoms with E-state index in [0.29, 0.717) is 11.3 Å². The lowest BCUT2D eigenvalue weighted by molar-refractivity contribution is 0.410. The highest BCUT2D eigenvalue weighted by atomic mass is 32.2. The van der Waals surface area contributed by atoms with Crippen LogP contribution in [0.4, 0.5) is 0 Å². The molecule has 1 N–H and O–H groups in total. The molecular formula is C19H26N2OS2. The van der Waals surface area contributed by atoms with Crippen LogP contribution in [-0.4, -0.2) is 32.4 Å². The molecule has 1 aromatic heterocycles. The summed E-state index contributed by atoms with van der Waals surface area (Å²) in [5.41, 5.74) is 1.55. The van der Waals surface area contributed by atoms with Gasteiger partial charge in [-0.25, -0.2) is 0 Å². The van der Waals surface area contributed by atoms with E-state index in [-0.39, 0.29) is 5.75 Å². The molecule has 0 saturated carbocycles. The van der Waals surface area contributed by atoms with Gasteiger partial charge < -0.3 is 10.0 Å². The quantitative estimate of drug-likeness (QED) is 0.640. The summed E-state index contributed by atoms with van der Waals surface area (Å²) < 4.78 is 0.928. The molecule has 0 aliphatic rings. The number of nitrogens with zero attached hydrogens (tertiary/aromatic N) is 2. The first-order chi connectivity index (χ1) is 11.7. The number of aromatic hydroxyl groups is 1. The predicted molar refractivity (Wildman–Crippen MR) is 109 cm³/mol. The molecule has 0 spiro atoms. The molecule has 24 heavy (non-hydrogen) atoms. The maximum Gasteiger partial charge on any atom is 0.145 e. The highest BCUT2D eigenvalue weighted by Gasteiger charge is 2.12. The molecule has 0 unspecified atom stereocenters. The van der Waals surface area contributed by atoms with Gasteiger partial charge in [-0.15, -0.1) is 0 Å². The number of fused-ring (bicyclic) bond motifs is 1. The monoisotopic (exact) mass is 362 g/mol. The van der Waals surface area contributed by atoms with Crippen molar-refractivity contribution >= 4 is 39.2 Å². The van der Waals surface area contributed by atoms with Gasteiger partial charge in [0.25, 0.3) is 0 Å². The number of hydrogen-bond donors (Lipinski definition) is 1. The Balaban J connectivity index is 2.02. The zero-order chi connectivity index (χ0) is 17.4. The second-order valence-corrected chi connectivity index (χ2v) is 7.51. The Morgan fingerprint density at radius 3 is 2.54 bits per heavy atom. The van der Waals surface area contributed by atoms with E-state index in [1.54, 1.807) is 18.0 Å². The van der Waals surface area contributed by atoms with Crippen LogP contribution in [0.15, 0.2) is 30.5 Å². The molecule has 0 radical (unpaired) electrons. The van der Waals surface area contributed by atoms with Crippen LogP contribution < -0.4 is 0 Å². The molecule has 0 amide bonds. The van der Waals surface area contributed by atoms with Crippen LogP contribution in [0, 0.1) is 0 Å². The molecule has 0 atom stereocenters. The van der Waals surface area contributed by atoms with Gasteiger partial charge in [-0.3, -0.25) is 4.98 Å². The van der Waals surface area contributed by atoms with Crippen molar-refractivity contribution in [3.8, 4) is 5.75 Å². The lowest BCUT2D eigenvalue weighted by Crippen LogP contribution is -2.29. The number of phenols is 1. The molecule has 2 aromatic rings. The summed E-state index contributed by atoms with van der Waals surface area (Å²) in [6, 6.07) is 7.82. The Bertz CT molecular complexity index is 667. The summed E-state index contributed by atoms with van der Waals surface area (Å²) in [5, 5.41) is 11.4. The van der Waals surface area contributed by atoms with E-state index >= 15 is 0 Å². The van der Waals surface area contributed by atoms with Crippen molar-refractivity contribution < 1.29 is 5.11 Å². The zero-order valence-electron chi connectivity index (χ0n) is 14.5. The Labute approximate surface area is 154 Å². The molecule has 0 aliphatic carbocycles. The highest BCUT2D eigenvalue weighted by Crippen LogP contribution is 2.30. The Morgan fingerprint density at radius 2 is 1.88 bits per heavy atom. The van der Waals surface area contributed by atoms with E-state index in [1.165, 1.54) is 12.8 Å². The van der Waals surface area contributed by atoms with Crippen molar-refractivity contribution in [1.82, 2.24) is 9.88 Å². The average molecular weight is 363 g/mol. The van der Waals surface area contributed by atoms with Gasteiger partial charge in [0, 0.05) is 36.0 Å². The molecule has 1 aromatic carbocycles. The number of thioether (sulfide) groups is 1. The van der Waals surface area contributed by atoms with Gasteiger partial charge in [-0.2, -0.15) is 0 Å². The van der Waals surface area contributed by atoms with Crippen LogP contribution in [0.5, 0.6) is 5.75 Å². The summed E-state index contributed by atoms with van der Waals surface area (Å²) in [4.78, 5) is 6.59. The van der Waals surface area contributed by atoms with Crippen LogP contribution in [0.1, 0.15) is 45.1 Å². The van der Waals surface area contributed by atoms with Gasteiger partial charge in [0.1, 0.15) is 15.6 Å². The fraction of sp³-hybridized carbons (Fsp3) is 0.474. The van der Waals surface area contributed by atoms with Gasteiger partial charge in [0.2, 0.25) is 0 Å². The molecule has 1 heterocycles. The minimum atomic E-state index is 0.275. The molecule has 0 fully saturated rings.